The van der Waals surface area contributed by atoms with Crippen molar-refractivity contribution in [3.63, 3.8) is 0 Å². The molecule has 2 aliphatic heterocycles. The Morgan fingerprint density at radius 3 is 1.31 bits per heavy atom. The van der Waals surface area contributed by atoms with Crippen molar-refractivity contribution in [3.8, 4) is 0 Å². The molecule has 0 bridgehead atoms. The molecule has 2 aliphatic carbocycles. The van der Waals surface area contributed by atoms with Crippen molar-refractivity contribution in [1.82, 2.24) is 38.7 Å². The zero-order valence-corrected chi connectivity index (χ0v) is 32.5. The molecule has 4 aliphatic rings. The van der Waals surface area contributed by atoms with E-state index < -0.39 is 0 Å². The fourth-order valence-corrected chi connectivity index (χ4v) is 9.06. The normalized spacial score (nSPS) is 22.1. The fourth-order valence-electron chi connectivity index (χ4n) is 9.06. The van der Waals surface area contributed by atoms with Gasteiger partial charge < -0.3 is 28.1 Å². The number of para-hydroxylation sites is 2. The summed E-state index contributed by atoms with van der Waals surface area (Å²) in [5, 5.41) is 2.41. The molecule has 2 saturated carbocycles. The molecule has 58 heavy (non-hydrogen) atoms. The Morgan fingerprint density at radius 2 is 0.862 bits per heavy atom. The zero-order valence-electron chi connectivity index (χ0n) is 32.5. The first-order valence-corrected chi connectivity index (χ1v) is 20.7. The molecule has 12 heteroatoms. The summed E-state index contributed by atoms with van der Waals surface area (Å²) in [6, 6.07) is 25.4. The Morgan fingerprint density at radius 1 is 0.448 bits per heavy atom. The molecule has 292 valence electrons. The van der Waals surface area contributed by atoms with Crippen molar-refractivity contribution in [2.75, 3.05) is 62.4 Å². The molecule has 6 aromatic heterocycles. The van der Waals surface area contributed by atoms with Gasteiger partial charge in [0.05, 0.1) is 48.8 Å². The number of ether oxygens (including phenoxy) is 2. The average molecular weight is 771 g/mol. The summed E-state index contributed by atoms with van der Waals surface area (Å²) in [4.78, 5) is 33.5. The minimum Gasteiger partial charge on any atom is -0.378 e. The number of aromatic nitrogens is 8. The van der Waals surface area contributed by atoms with Gasteiger partial charge in [-0.25, -0.2) is 19.9 Å². The van der Waals surface area contributed by atoms with E-state index in [1.807, 2.05) is 24.8 Å². The van der Waals surface area contributed by atoms with Crippen LogP contribution in [0.5, 0.6) is 0 Å². The molecule has 4 fully saturated rings. The molecule has 0 atom stereocenters. The third-order valence-electron chi connectivity index (χ3n) is 12.6. The lowest BCUT2D eigenvalue weighted by molar-refractivity contribution is 0.122. The van der Waals surface area contributed by atoms with E-state index in [0.29, 0.717) is 23.7 Å². The van der Waals surface area contributed by atoms with E-state index in [1.54, 1.807) is 0 Å². The molecule has 12 rings (SSSR count). The SMILES string of the molecule is c1ccc2nc(C3CC(c4cn5ccnc(N6CCOCC6)c5n4)C3)ccc2c1.c1ccc2nc(C3CC(c4cn5ccnc(N6CCOCC6)c5n4)C3)ccc2c1. The monoisotopic (exact) mass is 770 g/mol. The number of pyridine rings is 2. The maximum Gasteiger partial charge on any atom is 0.180 e. The molecule has 2 aromatic carbocycles. The summed E-state index contributed by atoms with van der Waals surface area (Å²) in [6.07, 6.45) is 16.5. The lowest BCUT2D eigenvalue weighted by Gasteiger charge is -2.34. The summed E-state index contributed by atoms with van der Waals surface area (Å²) < 4.78 is 15.2. The Bertz CT molecular complexity index is 2540. The van der Waals surface area contributed by atoms with Crippen molar-refractivity contribution < 1.29 is 9.47 Å². The number of nitrogens with zero attached hydrogens (tertiary/aromatic N) is 10. The summed E-state index contributed by atoms with van der Waals surface area (Å²) >= 11 is 0. The van der Waals surface area contributed by atoms with Crippen LogP contribution in [-0.2, 0) is 9.47 Å². The Labute approximate surface area is 336 Å². The molecule has 0 spiro atoms. The topological polar surface area (TPSA) is 111 Å². The highest BCUT2D eigenvalue weighted by Crippen LogP contribution is 2.48. The molecule has 0 unspecified atom stereocenters. The number of hydrogen-bond donors (Lipinski definition) is 0. The number of benzene rings is 2. The first kappa shape index (κ1) is 35.2. The van der Waals surface area contributed by atoms with E-state index in [4.69, 9.17) is 29.4 Å². The molecular weight excluding hydrogens is 725 g/mol. The Kier molecular flexibility index (Phi) is 9.15. The first-order chi connectivity index (χ1) is 28.7. The van der Waals surface area contributed by atoms with Gasteiger partial charge in [0.25, 0.3) is 0 Å². The average Bonchev–Trinajstić information content (AvgIpc) is 3.88. The minimum atomic E-state index is 0.491. The summed E-state index contributed by atoms with van der Waals surface area (Å²) in [5.74, 6) is 3.96. The van der Waals surface area contributed by atoms with Gasteiger partial charge in [-0.2, -0.15) is 0 Å². The third kappa shape index (κ3) is 6.69. The van der Waals surface area contributed by atoms with Gasteiger partial charge in [0.2, 0.25) is 0 Å². The molecule has 0 N–H and O–H groups in total. The van der Waals surface area contributed by atoms with E-state index in [2.05, 4.69) is 114 Å². The van der Waals surface area contributed by atoms with E-state index in [9.17, 15) is 0 Å². The second-order valence-corrected chi connectivity index (χ2v) is 16.1. The fraction of sp³-hybridized carbons (Fsp3) is 0.348. The van der Waals surface area contributed by atoms with E-state index in [0.717, 1.165) is 112 Å². The van der Waals surface area contributed by atoms with Crippen LogP contribution in [0.3, 0.4) is 0 Å². The number of rotatable bonds is 6. The lowest BCUT2D eigenvalue weighted by atomic mass is 9.71. The summed E-state index contributed by atoms with van der Waals surface area (Å²) in [6.45, 7) is 6.47. The van der Waals surface area contributed by atoms with Crippen molar-refractivity contribution in [3.05, 3.63) is 133 Å². The number of fused-ring (bicyclic) bond motifs is 4. The molecule has 12 nitrogen and oxygen atoms in total. The van der Waals surface area contributed by atoms with Gasteiger partial charge in [0.1, 0.15) is 0 Å². The highest BCUT2D eigenvalue weighted by molar-refractivity contribution is 5.79. The quantitative estimate of drug-likeness (QED) is 0.168. The van der Waals surface area contributed by atoms with Crippen LogP contribution in [0.1, 0.15) is 72.1 Å². The van der Waals surface area contributed by atoms with Crippen LogP contribution < -0.4 is 9.80 Å². The molecular formula is C46H46N10O2. The molecule has 8 heterocycles. The van der Waals surface area contributed by atoms with Gasteiger partial charge in [-0.3, -0.25) is 9.97 Å². The van der Waals surface area contributed by atoms with Gasteiger partial charge in [0.15, 0.2) is 22.9 Å². The van der Waals surface area contributed by atoms with Gasteiger partial charge in [-0.15, -0.1) is 0 Å². The smallest absolute Gasteiger partial charge is 0.180 e. The van der Waals surface area contributed by atoms with Crippen LogP contribution in [0.4, 0.5) is 11.6 Å². The van der Waals surface area contributed by atoms with Gasteiger partial charge in [-0.05, 0) is 49.9 Å². The number of morpholine rings is 2. The van der Waals surface area contributed by atoms with E-state index in [-0.39, 0.29) is 0 Å². The van der Waals surface area contributed by atoms with Gasteiger partial charge in [0, 0.05) is 109 Å². The summed E-state index contributed by atoms with van der Waals surface area (Å²) in [5.41, 5.74) is 8.84. The van der Waals surface area contributed by atoms with Crippen LogP contribution in [0.25, 0.3) is 33.1 Å². The number of imidazole rings is 2. The predicted molar refractivity (Wildman–Crippen MR) is 225 cm³/mol. The lowest BCUT2D eigenvalue weighted by Crippen LogP contribution is -2.37. The maximum absolute atomic E-state index is 5.48. The standard InChI is InChI=1S/2C23H23N5O/c2*1-2-4-19-16(3-1)5-6-20(25-19)17-13-18(14-17)21-15-28-8-7-24-22(23(28)26-21)27-9-11-29-12-10-27/h2*1-8,15,17-18H,9-14H2. The van der Waals surface area contributed by atoms with Crippen LogP contribution >= 0.6 is 0 Å². The van der Waals surface area contributed by atoms with Crippen molar-refractivity contribution in [2.24, 2.45) is 0 Å². The van der Waals surface area contributed by atoms with Crippen molar-refractivity contribution >= 4 is 44.7 Å². The van der Waals surface area contributed by atoms with Gasteiger partial charge >= 0.3 is 0 Å². The van der Waals surface area contributed by atoms with Crippen LogP contribution in [-0.4, -0.2) is 91.3 Å². The highest BCUT2D eigenvalue weighted by atomic mass is 16.5. The molecule has 0 amide bonds. The zero-order chi connectivity index (χ0) is 38.4. The Hall–Kier alpha value is -5.98. The predicted octanol–water partition coefficient (Wildman–Crippen LogP) is 7.55. The van der Waals surface area contributed by atoms with E-state index in [1.165, 1.54) is 33.5 Å². The summed E-state index contributed by atoms with van der Waals surface area (Å²) in [7, 11) is 0. The molecule has 0 radical (unpaired) electrons. The first-order valence-electron chi connectivity index (χ1n) is 20.7. The number of anilines is 2. The van der Waals surface area contributed by atoms with Crippen molar-refractivity contribution in [1.29, 1.82) is 0 Å². The van der Waals surface area contributed by atoms with E-state index >= 15 is 0 Å². The highest BCUT2D eigenvalue weighted by Gasteiger charge is 2.36. The van der Waals surface area contributed by atoms with Gasteiger partial charge in [-0.1, -0.05) is 48.5 Å². The maximum atomic E-state index is 5.48. The molecule has 2 saturated heterocycles. The minimum absolute atomic E-state index is 0.491. The van der Waals surface area contributed by atoms with Crippen molar-refractivity contribution in [2.45, 2.75) is 49.4 Å². The second kappa shape index (κ2) is 15.1. The van der Waals surface area contributed by atoms with Crippen LogP contribution in [0.2, 0.25) is 0 Å². The number of hydrogen-bond acceptors (Lipinski definition) is 10. The largest absolute Gasteiger partial charge is 0.378 e. The van der Waals surface area contributed by atoms with Crippen LogP contribution in [0, 0.1) is 0 Å². The Balaban J connectivity index is 0.000000133. The third-order valence-corrected chi connectivity index (χ3v) is 12.6. The van der Waals surface area contributed by atoms with Crippen LogP contribution in [0.15, 0.2) is 110 Å². The molecule has 8 aromatic rings. The second-order valence-electron chi connectivity index (χ2n) is 16.1.